The van der Waals surface area contributed by atoms with E-state index in [0.717, 1.165) is 31.5 Å². The predicted molar refractivity (Wildman–Crippen MR) is 71.7 cm³/mol. The summed E-state index contributed by atoms with van der Waals surface area (Å²) in [6.45, 7) is 4.74. The van der Waals surface area contributed by atoms with E-state index in [1.807, 2.05) is 6.07 Å². The minimum absolute atomic E-state index is 0.554. The summed E-state index contributed by atoms with van der Waals surface area (Å²) in [4.78, 5) is 2.27. The van der Waals surface area contributed by atoms with Crippen LogP contribution in [-0.4, -0.2) is 29.6 Å². The van der Waals surface area contributed by atoms with Gasteiger partial charge in [0.05, 0.1) is 0 Å². The maximum Gasteiger partial charge on any atom is 0.105 e. The minimum atomic E-state index is -0.823. The molecule has 94 valence electrons. The molecule has 0 spiro atoms. The van der Waals surface area contributed by atoms with Crippen molar-refractivity contribution in [3.8, 4) is 0 Å². The Morgan fingerprint density at radius 2 is 2.18 bits per heavy atom. The van der Waals surface area contributed by atoms with Gasteiger partial charge in [-0.3, -0.25) is 0 Å². The van der Waals surface area contributed by atoms with Crippen molar-refractivity contribution in [2.45, 2.75) is 25.4 Å². The highest BCUT2D eigenvalue weighted by Crippen LogP contribution is 2.37. The van der Waals surface area contributed by atoms with E-state index < -0.39 is 5.60 Å². The zero-order chi connectivity index (χ0) is 12.5. The number of aliphatic hydroxyl groups is 1. The Morgan fingerprint density at radius 3 is 2.82 bits per heavy atom. The molecule has 1 fully saturated rings. The van der Waals surface area contributed by atoms with Crippen molar-refractivity contribution < 1.29 is 5.11 Å². The van der Waals surface area contributed by atoms with Crippen LogP contribution >= 0.6 is 23.2 Å². The van der Waals surface area contributed by atoms with Gasteiger partial charge in [0.2, 0.25) is 0 Å². The molecule has 1 aliphatic heterocycles. The van der Waals surface area contributed by atoms with E-state index in [-0.39, 0.29) is 0 Å². The molecule has 1 unspecified atom stereocenters. The highest BCUT2D eigenvalue weighted by atomic mass is 35.5. The molecule has 4 heteroatoms. The van der Waals surface area contributed by atoms with Crippen molar-refractivity contribution in [1.82, 2.24) is 4.90 Å². The van der Waals surface area contributed by atoms with Gasteiger partial charge in [-0.1, -0.05) is 36.2 Å². The van der Waals surface area contributed by atoms with E-state index in [0.29, 0.717) is 16.6 Å². The topological polar surface area (TPSA) is 23.5 Å². The molecule has 1 heterocycles. The molecule has 0 bridgehead atoms. The van der Waals surface area contributed by atoms with Gasteiger partial charge in [0, 0.05) is 28.7 Å². The number of β-amino-alcohol motifs (C(OH)–C–C–N with tert-alkyl or cyclic N) is 1. The van der Waals surface area contributed by atoms with Gasteiger partial charge in [0.25, 0.3) is 0 Å². The Bertz CT molecular complexity index is 410. The number of nitrogens with zero attached hydrogens (tertiary/aromatic N) is 1. The number of hydrogen-bond acceptors (Lipinski definition) is 2. The van der Waals surface area contributed by atoms with Crippen LogP contribution < -0.4 is 0 Å². The number of rotatable bonds is 3. The van der Waals surface area contributed by atoms with Crippen molar-refractivity contribution in [2.24, 2.45) is 0 Å². The van der Waals surface area contributed by atoms with E-state index in [9.17, 15) is 5.11 Å². The van der Waals surface area contributed by atoms with Crippen molar-refractivity contribution in [3.05, 3.63) is 33.8 Å². The van der Waals surface area contributed by atoms with Crippen LogP contribution in [0.3, 0.4) is 0 Å². The van der Waals surface area contributed by atoms with Gasteiger partial charge >= 0.3 is 0 Å². The van der Waals surface area contributed by atoms with Crippen LogP contribution in [0.4, 0.5) is 0 Å². The second kappa shape index (κ2) is 5.15. The van der Waals surface area contributed by atoms with E-state index >= 15 is 0 Å². The molecule has 1 saturated heterocycles. The van der Waals surface area contributed by atoms with E-state index in [4.69, 9.17) is 23.2 Å². The summed E-state index contributed by atoms with van der Waals surface area (Å²) >= 11 is 12.0. The quantitative estimate of drug-likeness (QED) is 0.914. The van der Waals surface area contributed by atoms with Crippen molar-refractivity contribution in [1.29, 1.82) is 0 Å². The zero-order valence-corrected chi connectivity index (χ0v) is 11.4. The molecule has 0 saturated carbocycles. The van der Waals surface area contributed by atoms with E-state index in [2.05, 4.69) is 11.8 Å². The minimum Gasteiger partial charge on any atom is -0.384 e. The molecule has 1 aromatic carbocycles. The summed E-state index contributed by atoms with van der Waals surface area (Å²) in [7, 11) is 0. The lowest BCUT2D eigenvalue weighted by Gasteiger charge is -2.25. The maximum atomic E-state index is 10.7. The van der Waals surface area contributed by atoms with Crippen LogP contribution in [0.25, 0.3) is 0 Å². The molecule has 1 N–H and O–H groups in total. The molecule has 0 aromatic heterocycles. The van der Waals surface area contributed by atoms with Crippen LogP contribution in [0.15, 0.2) is 18.2 Å². The lowest BCUT2D eigenvalue weighted by molar-refractivity contribution is 0.0463. The van der Waals surface area contributed by atoms with Gasteiger partial charge in [-0.15, -0.1) is 0 Å². The third kappa shape index (κ3) is 2.76. The van der Waals surface area contributed by atoms with Gasteiger partial charge in [0.15, 0.2) is 0 Å². The molecular weight excluding hydrogens is 257 g/mol. The molecule has 2 nitrogen and oxygen atoms in total. The van der Waals surface area contributed by atoms with Gasteiger partial charge in [-0.2, -0.15) is 0 Å². The smallest absolute Gasteiger partial charge is 0.105 e. The second-order valence-corrected chi connectivity index (χ2v) is 5.53. The Labute approximate surface area is 112 Å². The molecule has 17 heavy (non-hydrogen) atoms. The molecule has 1 aromatic rings. The first-order valence-electron chi connectivity index (χ1n) is 5.95. The molecule has 1 atom stereocenters. The molecule has 1 aliphatic rings. The molecular formula is C13H17Cl2NO. The third-order valence-electron chi connectivity index (χ3n) is 3.30. The SMILES string of the molecule is CCCN1CCC(O)(c2ccc(Cl)cc2Cl)C1. The van der Waals surface area contributed by atoms with Crippen LogP contribution in [0, 0.1) is 0 Å². The summed E-state index contributed by atoms with van der Waals surface area (Å²) in [6, 6.07) is 5.31. The number of halogens is 2. The van der Waals surface area contributed by atoms with Crippen molar-refractivity contribution >= 4 is 23.2 Å². The summed E-state index contributed by atoms with van der Waals surface area (Å²) in [5.74, 6) is 0. The van der Waals surface area contributed by atoms with Crippen LogP contribution in [0.5, 0.6) is 0 Å². The fraction of sp³-hybridized carbons (Fsp3) is 0.538. The Kier molecular flexibility index (Phi) is 3.99. The number of hydrogen-bond donors (Lipinski definition) is 1. The molecule has 0 aliphatic carbocycles. The summed E-state index contributed by atoms with van der Waals surface area (Å²) in [6.07, 6.45) is 1.83. The highest BCUT2D eigenvalue weighted by Gasteiger charge is 2.38. The molecule has 2 rings (SSSR count). The first-order chi connectivity index (χ1) is 8.05. The average Bonchev–Trinajstić information content (AvgIpc) is 2.61. The molecule has 0 radical (unpaired) electrons. The first-order valence-corrected chi connectivity index (χ1v) is 6.71. The van der Waals surface area contributed by atoms with E-state index in [1.54, 1.807) is 12.1 Å². The van der Waals surface area contributed by atoms with Gasteiger partial charge in [-0.05, 0) is 31.5 Å². The van der Waals surface area contributed by atoms with Crippen molar-refractivity contribution in [2.75, 3.05) is 19.6 Å². The predicted octanol–water partition coefficient (Wildman–Crippen LogP) is 3.30. The van der Waals surface area contributed by atoms with E-state index in [1.165, 1.54) is 0 Å². The van der Waals surface area contributed by atoms with Crippen molar-refractivity contribution in [3.63, 3.8) is 0 Å². The fourth-order valence-corrected chi connectivity index (χ4v) is 3.05. The average molecular weight is 274 g/mol. The lowest BCUT2D eigenvalue weighted by Crippen LogP contribution is -2.31. The van der Waals surface area contributed by atoms with Crippen LogP contribution in [0.2, 0.25) is 10.0 Å². The first kappa shape index (κ1) is 13.2. The summed E-state index contributed by atoms with van der Waals surface area (Å²) in [5.41, 5.74) is -0.0289. The summed E-state index contributed by atoms with van der Waals surface area (Å²) < 4.78 is 0. The lowest BCUT2D eigenvalue weighted by atomic mass is 9.93. The monoisotopic (exact) mass is 273 g/mol. The number of likely N-dealkylation sites (tertiary alicyclic amines) is 1. The normalized spacial score (nSPS) is 25.4. The maximum absolute atomic E-state index is 10.7. The zero-order valence-electron chi connectivity index (χ0n) is 9.92. The fourth-order valence-electron chi connectivity index (χ4n) is 2.46. The Hall–Kier alpha value is -0.280. The third-order valence-corrected chi connectivity index (χ3v) is 3.85. The largest absolute Gasteiger partial charge is 0.384 e. The Morgan fingerprint density at radius 1 is 1.41 bits per heavy atom. The van der Waals surface area contributed by atoms with Gasteiger partial charge in [0.1, 0.15) is 5.60 Å². The number of benzene rings is 1. The Balaban J connectivity index is 2.21. The van der Waals surface area contributed by atoms with Crippen LogP contribution in [-0.2, 0) is 5.60 Å². The van der Waals surface area contributed by atoms with Gasteiger partial charge in [-0.25, -0.2) is 0 Å². The highest BCUT2D eigenvalue weighted by molar-refractivity contribution is 6.35. The second-order valence-electron chi connectivity index (χ2n) is 4.68. The van der Waals surface area contributed by atoms with Crippen LogP contribution in [0.1, 0.15) is 25.3 Å². The van der Waals surface area contributed by atoms with Gasteiger partial charge < -0.3 is 10.0 Å². The molecule has 0 amide bonds. The summed E-state index contributed by atoms with van der Waals surface area (Å²) in [5, 5.41) is 11.8. The standard InChI is InChI=1S/C13H17Cl2NO/c1-2-6-16-7-5-13(17,9-16)11-4-3-10(14)8-12(11)15/h3-4,8,17H,2,5-7,9H2,1H3.